The van der Waals surface area contributed by atoms with Gasteiger partial charge in [-0.25, -0.2) is 13.2 Å². The van der Waals surface area contributed by atoms with Crippen molar-refractivity contribution in [3.8, 4) is 17.2 Å². The second-order valence-corrected chi connectivity index (χ2v) is 7.64. The molecule has 0 fully saturated rings. The normalized spacial score (nSPS) is 14.7. The Morgan fingerprint density at radius 1 is 1.08 bits per heavy atom. The van der Waals surface area contributed by atoms with Crippen LogP contribution in [0.4, 0.5) is 0 Å². The number of fused-ring (bicyclic) bond motifs is 2. The first-order valence-corrected chi connectivity index (χ1v) is 9.14. The van der Waals surface area contributed by atoms with Gasteiger partial charge in [0.15, 0.2) is 15.6 Å². The van der Waals surface area contributed by atoms with Crippen molar-refractivity contribution in [1.82, 2.24) is 4.57 Å². The van der Waals surface area contributed by atoms with Crippen molar-refractivity contribution in [2.75, 3.05) is 0 Å². The second kappa shape index (κ2) is 5.49. The van der Waals surface area contributed by atoms with Crippen LogP contribution in [-0.2, 0) is 15.6 Å². The standard InChI is InChI=1S/C18H13NO5S/c20-18(21)12-6-7-15-16(10-12)25(22,23)11-13-4-3-5-14(17(13)24-15)19-8-1-2-9-19/h1-10H,11H2,(H,20,21). The van der Waals surface area contributed by atoms with E-state index in [1.165, 1.54) is 12.1 Å². The van der Waals surface area contributed by atoms with Crippen LogP contribution in [0.3, 0.4) is 0 Å². The van der Waals surface area contributed by atoms with Crippen LogP contribution in [0, 0.1) is 0 Å². The maximum Gasteiger partial charge on any atom is 0.335 e. The van der Waals surface area contributed by atoms with Crippen molar-refractivity contribution >= 4 is 15.8 Å². The predicted molar refractivity (Wildman–Crippen MR) is 90.1 cm³/mol. The largest absolute Gasteiger partial charge is 0.478 e. The molecule has 1 N–H and O–H groups in total. The lowest BCUT2D eigenvalue weighted by molar-refractivity contribution is 0.0696. The number of carboxylic acid groups (broad SMARTS) is 1. The Labute approximate surface area is 143 Å². The molecule has 0 atom stereocenters. The van der Waals surface area contributed by atoms with Gasteiger partial charge in [0.2, 0.25) is 0 Å². The van der Waals surface area contributed by atoms with Crippen molar-refractivity contribution in [1.29, 1.82) is 0 Å². The van der Waals surface area contributed by atoms with E-state index in [1.807, 2.05) is 35.2 Å². The number of sulfone groups is 1. The predicted octanol–water partition coefficient (Wildman–Crippen LogP) is 3.26. The van der Waals surface area contributed by atoms with Gasteiger partial charge in [-0.2, -0.15) is 0 Å². The van der Waals surface area contributed by atoms with Gasteiger partial charge in [-0.15, -0.1) is 0 Å². The van der Waals surface area contributed by atoms with Gasteiger partial charge in [0.05, 0.1) is 17.0 Å². The van der Waals surface area contributed by atoms with Gasteiger partial charge >= 0.3 is 5.97 Å². The van der Waals surface area contributed by atoms with E-state index in [-0.39, 0.29) is 22.0 Å². The second-order valence-electron chi connectivity index (χ2n) is 5.68. The Balaban J connectivity index is 1.95. The summed E-state index contributed by atoms with van der Waals surface area (Å²) in [4.78, 5) is 11.1. The molecule has 7 heteroatoms. The molecule has 0 unspecified atom stereocenters. The molecule has 0 saturated carbocycles. The topological polar surface area (TPSA) is 85.6 Å². The summed E-state index contributed by atoms with van der Waals surface area (Å²) in [5, 5.41) is 9.13. The molecule has 0 amide bonds. The zero-order valence-corrected chi connectivity index (χ0v) is 13.7. The average molecular weight is 355 g/mol. The maximum atomic E-state index is 12.7. The highest BCUT2D eigenvalue weighted by atomic mass is 32.2. The van der Waals surface area contributed by atoms with Gasteiger partial charge in [0, 0.05) is 18.0 Å². The summed E-state index contributed by atoms with van der Waals surface area (Å²) in [6.45, 7) is 0. The number of carbonyl (C=O) groups is 1. The Morgan fingerprint density at radius 3 is 2.56 bits per heavy atom. The highest BCUT2D eigenvalue weighted by Gasteiger charge is 2.29. The van der Waals surface area contributed by atoms with Gasteiger partial charge in [-0.3, -0.25) is 0 Å². The lowest BCUT2D eigenvalue weighted by Gasteiger charge is -2.14. The first-order chi connectivity index (χ1) is 12.0. The molecular formula is C18H13NO5S. The van der Waals surface area contributed by atoms with Crippen LogP contribution in [-0.4, -0.2) is 24.1 Å². The van der Waals surface area contributed by atoms with Crippen LogP contribution in [0.2, 0.25) is 0 Å². The lowest BCUT2D eigenvalue weighted by Crippen LogP contribution is -2.06. The minimum absolute atomic E-state index is 0.0949. The zero-order valence-electron chi connectivity index (χ0n) is 12.9. The first-order valence-electron chi connectivity index (χ1n) is 7.49. The molecule has 2 heterocycles. The van der Waals surface area contributed by atoms with Crippen molar-refractivity contribution in [3.63, 3.8) is 0 Å². The van der Waals surface area contributed by atoms with Crippen LogP contribution >= 0.6 is 0 Å². The summed E-state index contributed by atoms with van der Waals surface area (Å²) in [6.07, 6.45) is 3.68. The molecular weight excluding hydrogens is 342 g/mol. The molecule has 3 aromatic rings. The van der Waals surface area contributed by atoms with E-state index in [2.05, 4.69) is 0 Å². The number of aromatic nitrogens is 1. The van der Waals surface area contributed by atoms with E-state index in [1.54, 1.807) is 12.1 Å². The molecule has 1 aliphatic heterocycles. The fraction of sp³-hybridized carbons (Fsp3) is 0.0556. The van der Waals surface area contributed by atoms with Gasteiger partial charge < -0.3 is 14.4 Å². The smallest absolute Gasteiger partial charge is 0.335 e. The van der Waals surface area contributed by atoms with Crippen molar-refractivity contribution in [2.24, 2.45) is 0 Å². The highest BCUT2D eigenvalue weighted by molar-refractivity contribution is 7.90. The molecule has 25 heavy (non-hydrogen) atoms. The molecule has 1 aliphatic rings. The fourth-order valence-corrected chi connectivity index (χ4v) is 4.38. The Kier molecular flexibility index (Phi) is 3.40. The number of benzene rings is 2. The summed E-state index contributed by atoms with van der Waals surface area (Å²) in [6, 6.07) is 12.9. The molecule has 0 radical (unpaired) electrons. The fourth-order valence-electron chi connectivity index (χ4n) is 2.86. The van der Waals surface area contributed by atoms with Gasteiger partial charge in [-0.05, 0) is 36.4 Å². The molecule has 0 saturated heterocycles. The summed E-state index contributed by atoms with van der Waals surface area (Å²) < 4.78 is 33.3. The number of hydrogen-bond acceptors (Lipinski definition) is 4. The zero-order chi connectivity index (χ0) is 17.6. The van der Waals surface area contributed by atoms with Crippen LogP contribution in [0.5, 0.6) is 11.5 Å². The van der Waals surface area contributed by atoms with Gasteiger partial charge in [-0.1, -0.05) is 12.1 Å². The average Bonchev–Trinajstić information content (AvgIpc) is 3.06. The monoisotopic (exact) mass is 355 g/mol. The summed E-state index contributed by atoms with van der Waals surface area (Å²) in [7, 11) is -3.73. The molecule has 6 nitrogen and oxygen atoms in total. The molecule has 0 spiro atoms. The number of nitrogens with zero attached hydrogens (tertiary/aromatic N) is 1. The summed E-state index contributed by atoms with van der Waals surface area (Å²) in [5.41, 5.74) is 1.15. The number of carboxylic acids is 1. The minimum atomic E-state index is -3.73. The summed E-state index contributed by atoms with van der Waals surface area (Å²) >= 11 is 0. The van der Waals surface area contributed by atoms with Crippen molar-refractivity contribution < 1.29 is 23.1 Å². The van der Waals surface area contributed by atoms with Crippen LogP contribution in [0.1, 0.15) is 15.9 Å². The third-order valence-corrected chi connectivity index (χ3v) is 5.72. The maximum absolute atomic E-state index is 12.7. The third-order valence-electron chi connectivity index (χ3n) is 4.04. The number of hydrogen-bond donors (Lipinski definition) is 1. The summed E-state index contributed by atoms with van der Waals surface area (Å²) in [5.74, 6) is -0.867. The van der Waals surface area contributed by atoms with Crippen LogP contribution in [0.15, 0.2) is 65.8 Å². The van der Waals surface area contributed by atoms with Crippen LogP contribution < -0.4 is 4.74 Å². The van der Waals surface area contributed by atoms with Crippen molar-refractivity contribution in [2.45, 2.75) is 10.6 Å². The van der Waals surface area contributed by atoms with Gasteiger partial charge in [0.1, 0.15) is 10.6 Å². The molecule has 0 aliphatic carbocycles. The van der Waals surface area contributed by atoms with E-state index >= 15 is 0 Å². The number of ether oxygens (including phenoxy) is 1. The van der Waals surface area contributed by atoms with Gasteiger partial charge in [0.25, 0.3) is 0 Å². The van der Waals surface area contributed by atoms with Crippen molar-refractivity contribution in [3.05, 3.63) is 72.1 Å². The highest BCUT2D eigenvalue weighted by Crippen LogP contribution is 2.41. The first kappa shape index (κ1) is 15.5. The van der Waals surface area contributed by atoms with E-state index in [0.29, 0.717) is 17.0 Å². The minimum Gasteiger partial charge on any atom is -0.478 e. The molecule has 1 aromatic heterocycles. The lowest BCUT2D eigenvalue weighted by atomic mass is 10.2. The van der Waals surface area contributed by atoms with E-state index in [4.69, 9.17) is 9.84 Å². The molecule has 2 aromatic carbocycles. The number of para-hydroxylation sites is 1. The van der Waals surface area contributed by atoms with Crippen LogP contribution in [0.25, 0.3) is 5.69 Å². The Hall–Kier alpha value is -3.06. The Morgan fingerprint density at radius 2 is 1.84 bits per heavy atom. The third kappa shape index (κ3) is 2.58. The number of aromatic carboxylic acids is 1. The quantitative estimate of drug-likeness (QED) is 0.763. The molecule has 0 bridgehead atoms. The van der Waals surface area contributed by atoms with E-state index in [0.717, 1.165) is 6.07 Å². The SMILES string of the molecule is O=C(O)c1ccc2c(c1)S(=O)(=O)Cc1cccc(-n3cccc3)c1O2. The molecule has 4 rings (SSSR count). The Bertz CT molecular complexity index is 1080. The van der Waals surface area contributed by atoms with E-state index in [9.17, 15) is 13.2 Å². The van der Waals surface area contributed by atoms with E-state index < -0.39 is 15.8 Å². The number of rotatable bonds is 2. The molecule has 126 valence electrons.